The maximum absolute atomic E-state index is 12.7. The molecule has 9 heteroatoms. The maximum atomic E-state index is 12.7. The summed E-state index contributed by atoms with van der Waals surface area (Å²) in [6, 6.07) is 14.5. The number of piperazine rings is 1. The van der Waals surface area contributed by atoms with Gasteiger partial charge in [0.15, 0.2) is 0 Å². The number of hydrogen-bond donors (Lipinski definition) is 3. The molecule has 0 aliphatic carbocycles. The molecule has 1 aromatic heterocycles. The van der Waals surface area contributed by atoms with Crippen molar-refractivity contribution in [3.05, 3.63) is 54.1 Å². The molecular formula is C19H22N6O2S. The Balaban J connectivity index is 1.48. The fraction of sp³-hybridized carbons (Fsp3) is 0.263. The largest absolute Gasteiger partial charge is 0.323 e. The summed E-state index contributed by atoms with van der Waals surface area (Å²) in [5.41, 5.74) is 6.27. The molecule has 8 nitrogen and oxygen atoms in total. The number of para-hydroxylation sites is 2. The summed E-state index contributed by atoms with van der Waals surface area (Å²) < 4.78 is 26.9. The van der Waals surface area contributed by atoms with Crippen LogP contribution in [0.4, 0.5) is 5.95 Å². The quantitative estimate of drug-likeness (QED) is 0.451. The second-order valence-electron chi connectivity index (χ2n) is 6.59. The van der Waals surface area contributed by atoms with Crippen molar-refractivity contribution in [1.29, 1.82) is 0 Å². The third-order valence-electron chi connectivity index (χ3n) is 4.70. The van der Waals surface area contributed by atoms with Crippen LogP contribution in [0.2, 0.25) is 0 Å². The monoisotopic (exact) mass is 398 g/mol. The zero-order valence-electron chi connectivity index (χ0n) is 15.5. The minimum Gasteiger partial charge on any atom is -0.323 e. The maximum Gasteiger partial charge on any atom is 0.243 e. The van der Waals surface area contributed by atoms with Crippen LogP contribution in [0.1, 0.15) is 12.5 Å². The van der Waals surface area contributed by atoms with Crippen molar-refractivity contribution in [2.24, 2.45) is 5.10 Å². The Morgan fingerprint density at radius 1 is 1.11 bits per heavy atom. The lowest BCUT2D eigenvalue weighted by Crippen LogP contribution is -2.46. The summed E-state index contributed by atoms with van der Waals surface area (Å²) in [6.07, 6.45) is 0. The van der Waals surface area contributed by atoms with E-state index in [1.165, 1.54) is 4.31 Å². The number of hydrazone groups is 1. The molecule has 2 aromatic carbocycles. The van der Waals surface area contributed by atoms with E-state index in [0.29, 0.717) is 37.0 Å². The number of benzene rings is 2. The first-order chi connectivity index (χ1) is 13.5. The fourth-order valence-electron chi connectivity index (χ4n) is 3.11. The lowest BCUT2D eigenvalue weighted by atomic mass is 10.1. The number of aromatic nitrogens is 2. The number of hydrogen-bond acceptors (Lipinski definition) is 6. The van der Waals surface area contributed by atoms with Gasteiger partial charge in [-0.25, -0.2) is 18.8 Å². The predicted octanol–water partition coefficient (Wildman–Crippen LogP) is 1.99. The van der Waals surface area contributed by atoms with Crippen molar-refractivity contribution in [2.45, 2.75) is 11.8 Å². The fourth-order valence-corrected chi connectivity index (χ4v) is 4.55. The van der Waals surface area contributed by atoms with Crippen molar-refractivity contribution < 1.29 is 8.42 Å². The highest BCUT2D eigenvalue weighted by Crippen LogP contribution is 2.18. The van der Waals surface area contributed by atoms with Crippen molar-refractivity contribution in [3.8, 4) is 0 Å². The van der Waals surface area contributed by atoms with Gasteiger partial charge in [0, 0.05) is 26.2 Å². The van der Waals surface area contributed by atoms with Gasteiger partial charge >= 0.3 is 0 Å². The van der Waals surface area contributed by atoms with E-state index in [0.717, 1.165) is 22.3 Å². The van der Waals surface area contributed by atoms with Gasteiger partial charge in [-0.1, -0.05) is 24.3 Å². The van der Waals surface area contributed by atoms with E-state index in [1.54, 1.807) is 24.3 Å². The second-order valence-corrected chi connectivity index (χ2v) is 8.53. The Bertz CT molecular complexity index is 1070. The van der Waals surface area contributed by atoms with Crippen LogP contribution in [-0.2, 0) is 10.0 Å². The van der Waals surface area contributed by atoms with Gasteiger partial charge in [0.25, 0.3) is 0 Å². The summed E-state index contributed by atoms with van der Waals surface area (Å²) in [6.45, 7) is 4.19. The van der Waals surface area contributed by atoms with E-state index in [2.05, 4.69) is 25.8 Å². The van der Waals surface area contributed by atoms with Crippen molar-refractivity contribution in [1.82, 2.24) is 19.6 Å². The zero-order chi connectivity index (χ0) is 19.6. The normalized spacial score (nSPS) is 16.4. The summed E-state index contributed by atoms with van der Waals surface area (Å²) in [5, 5.41) is 7.51. The number of fused-ring (bicyclic) bond motifs is 1. The van der Waals surface area contributed by atoms with Gasteiger partial charge in [-0.15, -0.1) is 0 Å². The molecule has 0 unspecified atom stereocenters. The van der Waals surface area contributed by atoms with Gasteiger partial charge < -0.3 is 10.3 Å². The van der Waals surface area contributed by atoms with Gasteiger partial charge in [-0.05, 0) is 36.8 Å². The van der Waals surface area contributed by atoms with Crippen LogP contribution in [0.3, 0.4) is 0 Å². The molecule has 0 atom stereocenters. The Morgan fingerprint density at radius 2 is 1.82 bits per heavy atom. The predicted molar refractivity (Wildman–Crippen MR) is 110 cm³/mol. The van der Waals surface area contributed by atoms with E-state index < -0.39 is 10.0 Å². The van der Waals surface area contributed by atoms with E-state index >= 15 is 0 Å². The molecule has 3 N–H and O–H groups in total. The van der Waals surface area contributed by atoms with Gasteiger partial charge in [0.1, 0.15) is 0 Å². The highest BCUT2D eigenvalue weighted by molar-refractivity contribution is 7.89. The van der Waals surface area contributed by atoms with Crippen molar-refractivity contribution >= 4 is 32.7 Å². The number of anilines is 1. The lowest BCUT2D eigenvalue weighted by Gasteiger charge is -2.26. The van der Waals surface area contributed by atoms with Crippen LogP contribution in [-0.4, -0.2) is 54.6 Å². The smallest absolute Gasteiger partial charge is 0.243 e. The minimum absolute atomic E-state index is 0.302. The van der Waals surface area contributed by atoms with Gasteiger partial charge in [0.2, 0.25) is 16.0 Å². The average molecular weight is 398 g/mol. The molecule has 4 rings (SSSR count). The molecule has 1 aliphatic rings. The molecule has 0 bridgehead atoms. The average Bonchev–Trinajstić information content (AvgIpc) is 3.16. The standard InChI is InChI=1S/C19H22N6O2S/c1-14(23-24-19-21-17-4-2-3-5-18(17)22-19)15-6-8-16(9-7-15)28(26,27)25-12-10-20-11-13-25/h2-9,20H,10-13H2,1H3,(H2,21,22,24)/b23-14-. The number of rotatable bonds is 5. The Labute approximate surface area is 163 Å². The minimum atomic E-state index is -3.45. The summed E-state index contributed by atoms with van der Waals surface area (Å²) >= 11 is 0. The molecule has 1 saturated heterocycles. The van der Waals surface area contributed by atoms with Crippen LogP contribution in [0.5, 0.6) is 0 Å². The molecular weight excluding hydrogens is 376 g/mol. The number of sulfonamides is 1. The second kappa shape index (κ2) is 7.70. The molecule has 1 fully saturated rings. The Hall–Kier alpha value is -2.75. The first kappa shape index (κ1) is 18.6. The van der Waals surface area contributed by atoms with Crippen molar-refractivity contribution in [3.63, 3.8) is 0 Å². The van der Waals surface area contributed by atoms with E-state index in [9.17, 15) is 8.42 Å². The third-order valence-corrected chi connectivity index (χ3v) is 6.62. The molecule has 0 radical (unpaired) electrons. The number of nitrogens with zero attached hydrogens (tertiary/aromatic N) is 3. The summed E-state index contributed by atoms with van der Waals surface area (Å²) in [7, 11) is -3.45. The number of nitrogens with one attached hydrogen (secondary N) is 3. The summed E-state index contributed by atoms with van der Waals surface area (Å²) in [4.78, 5) is 7.86. The van der Waals surface area contributed by atoms with Crippen LogP contribution in [0.25, 0.3) is 11.0 Å². The Kier molecular flexibility index (Phi) is 5.12. The molecule has 0 spiro atoms. The van der Waals surface area contributed by atoms with Crippen LogP contribution in [0.15, 0.2) is 58.5 Å². The topological polar surface area (TPSA) is 102 Å². The van der Waals surface area contributed by atoms with E-state index in [4.69, 9.17) is 0 Å². The van der Waals surface area contributed by atoms with Gasteiger partial charge in [-0.2, -0.15) is 9.41 Å². The SMILES string of the molecule is C/C(=N/Nc1nc2ccccc2[nH]1)c1ccc(S(=O)(=O)N2CCNCC2)cc1. The first-order valence-corrected chi connectivity index (χ1v) is 10.5. The Morgan fingerprint density at radius 3 is 2.54 bits per heavy atom. The molecule has 0 saturated carbocycles. The molecule has 28 heavy (non-hydrogen) atoms. The van der Waals surface area contributed by atoms with E-state index in [1.807, 2.05) is 31.2 Å². The molecule has 0 amide bonds. The first-order valence-electron chi connectivity index (χ1n) is 9.10. The molecule has 146 valence electrons. The van der Waals surface area contributed by atoms with Crippen LogP contribution < -0.4 is 10.7 Å². The highest BCUT2D eigenvalue weighted by Gasteiger charge is 2.25. The highest BCUT2D eigenvalue weighted by atomic mass is 32.2. The van der Waals surface area contributed by atoms with Crippen molar-refractivity contribution in [2.75, 3.05) is 31.6 Å². The van der Waals surface area contributed by atoms with Crippen LogP contribution in [0, 0.1) is 0 Å². The number of imidazole rings is 1. The third kappa shape index (κ3) is 3.77. The molecule has 3 aromatic rings. The zero-order valence-corrected chi connectivity index (χ0v) is 16.3. The lowest BCUT2D eigenvalue weighted by molar-refractivity contribution is 0.360. The molecule has 1 aliphatic heterocycles. The molecule has 2 heterocycles. The van der Waals surface area contributed by atoms with Gasteiger partial charge in [-0.3, -0.25) is 0 Å². The number of aromatic amines is 1. The summed E-state index contributed by atoms with van der Waals surface area (Å²) in [5.74, 6) is 0.554. The van der Waals surface area contributed by atoms with Gasteiger partial charge in [0.05, 0.1) is 21.6 Å². The number of H-pyrrole nitrogens is 1. The van der Waals surface area contributed by atoms with Crippen LogP contribution >= 0.6 is 0 Å². The van der Waals surface area contributed by atoms with E-state index in [-0.39, 0.29) is 0 Å².